The molecule has 0 spiro atoms. The fourth-order valence-electron chi connectivity index (χ4n) is 1.81. The summed E-state index contributed by atoms with van der Waals surface area (Å²) in [4.78, 5) is 25.0. The van der Waals surface area contributed by atoms with Crippen molar-refractivity contribution in [2.24, 2.45) is 0 Å². The average molecular weight is 253 g/mol. The molecule has 1 aliphatic heterocycles. The first kappa shape index (κ1) is 11.9. The van der Waals surface area contributed by atoms with Crippen molar-refractivity contribution in [3.05, 3.63) is 29.3 Å². The quantitative estimate of drug-likeness (QED) is 0.825. The van der Waals surface area contributed by atoms with E-state index >= 15 is 0 Å². The van der Waals surface area contributed by atoms with Crippen LogP contribution >= 0.6 is 11.6 Å². The molecule has 0 aromatic heterocycles. The summed E-state index contributed by atoms with van der Waals surface area (Å²) in [5.74, 6) is -0.194. The fraction of sp³-hybridized carbons (Fsp3) is 0.333. The summed E-state index contributed by atoms with van der Waals surface area (Å²) in [6, 6.07) is 6.54. The van der Waals surface area contributed by atoms with Crippen molar-refractivity contribution >= 4 is 29.1 Å². The minimum Gasteiger partial charge on any atom is -0.345 e. The first-order valence-electron chi connectivity index (χ1n) is 5.44. The van der Waals surface area contributed by atoms with Crippen molar-refractivity contribution in [1.29, 1.82) is 0 Å². The van der Waals surface area contributed by atoms with Crippen molar-refractivity contribution in [2.45, 2.75) is 19.4 Å². The number of hydrogen-bond acceptors (Lipinski definition) is 2. The number of rotatable bonds is 1. The number of anilines is 1. The van der Waals surface area contributed by atoms with Crippen LogP contribution in [0, 0.1) is 0 Å². The minimum atomic E-state index is -0.485. The molecule has 1 heterocycles. The summed E-state index contributed by atoms with van der Waals surface area (Å²) >= 11 is 5.80. The minimum absolute atomic E-state index is 0.0951. The van der Waals surface area contributed by atoms with Gasteiger partial charge < -0.3 is 10.2 Å². The molecule has 2 rings (SSSR count). The van der Waals surface area contributed by atoms with E-state index in [4.69, 9.17) is 11.6 Å². The highest BCUT2D eigenvalue weighted by Crippen LogP contribution is 2.20. The van der Waals surface area contributed by atoms with Crippen molar-refractivity contribution in [3.8, 4) is 0 Å². The van der Waals surface area contributed by atoms with E-state index < -0.39 is 6.04 Å². The molecule has 1 N–H and O–H groups in total. The lowest BCUT2D eigenvalue weighted by atomic mass is 10.2. The first-order chi connectivity index (χ1) is 8.08. The predicted molar refractivity (Wildman–Crippen MR) is 66.0 cm³/mol. The lowest BCUT2D eigenvalue weighted by molar-refractivity contribution is -0.125. The largest absolute Gasteiger partial charge is 0.345 e. The van der Waals surface area contributed by atoms with Crippen LogP contribution < -0.4 is 10.2 Å². The Morgan fingerprint density at radius 1 is 1.29 bits per heavy atom. The molecule has 0 radical (unpaired) electrons. The van der Waals surface area contributed by atoms with Gasteiger partial charge in [-0.25, -0.2) is 0 Å². The maximum absolute atomic E-state index is 12.1. The Hall–Kier alpha value is -1.55. The molecule has 1 fully saturated rings. The third-order valence-electron chi connectivity index (χ3n) is 2.71. The second-order valence-electron chi connectivity index (χ2n) is 4.01. The third kappa shape index (κ3) is 2.58. The van der Waals surface area contributed by atoms with Crippen LogP contribution in [-0.4, -0.2) is 24.4 Å². The summed E-state index contributed by atoms with van der Waals surface area (Å²) < 4.78 is 0. The first-order valence-corrected chi connectivity index (χ1v) is 5.82. The Morgan fingerprint density at radius 3 is 2.59 bits per heavy atom. The second-order valence-corrected chi connectivity index (χ2v) is 4.44. The Bertz CT molecular complexity index is 444. The van der Waals surface area contributed by atoms with Crippen LogP contribution in [0.5, 0.6) is 0 Å². The molecule has 0 bridgehead atoms. The second kappa shape index (κ2) is 4.75. The van der Waals surface area contributed by atoms with Gasteiger partial charge in [0.25, 0.3) is 0 Å². The van der Waals surface area contributed by atoms with E-state index in [1.165, 1.54) is 0 Å². The molecule has 4 nitrogen and oxygen atoms in total. The van der Waals surface area contributed by atoms with Gasteiger partial charge in [0.2, 0.25) is 11.8 Å². The van der Waals surface area contributed by atoms with Gasteiger partial charge in [-0.05, 0) is 31.2 Å². The fourth-order valence-corrected chi connectivity index (χ4v) is 1.94. The van der Waals surface area contributed by atoms with Gasteiger partial charge in [-0.3, -0.25) is 9.59 Å². The zero-order valence-corrected chi connectivity index (χ0v) is 10.2. The molecule has 2 amide bonds. The maximum Gasteiger partial charge on any atom is 0.249 e. The molecular formula is C12H13ClN2O2. The molecule has 1 aromatic carbocycles. The molecule has 5 heteroatoms. The van der Waals surface area contributed by atoms with Crippen molar-refractivity contribution in [3.63, 3.8) is 0 Å². The molecule has 1 unspecified atom stereocenters. The number of carbonyl (C=O) groups is 2. The molecule has 0 aliphatic carbocycles. The van der Waals surface area contributed by atoms with Crippen LogP contribution in [0.3, 0.4) is 0 Å². The van der Waals surface area contributed by atoms with E-state index in [2.05, 4.69) is 5.32 Å². The van der Waals surface area contributed by atoms with Gasteiger partial charge in [-0.1, -0.05) is 11.6 Å². The van der Waals surface area contributed by atoms with Crippen LogP contribution in [0.2, 0.25) is 5.02 Å². The summed E-state index contributed by atoms with van der Waals surface area (Å²) in [5.41, 5.74) is 0.766. The van der Waals surface area contributed by atoms with Crippen LogP contribution in [-0.2, 0) is 9.59 Å². The highest BCUT2D eigenvalue weighted by molar-refractivity contribution is 6.30. The Kier molecular flexibility index (Phi) is 3.33. The number of nitrogens with one attached hydrogen (secondary N) is 1. The van der Waals surface area contributed by atoms with Gasteiger partial charge in [-0.2, -0.15) is 0 Å². The molecule has 1 atom stereocenters. The average Bonchev–Trinajstić information content (AvgIpc) is 2.42. The van der Waals surface area contributed by atoms with Crippen LogP contribution in [0.15, 0.2) is 24.3 Å². The van der Waals surface area contributed by atoms with Gasteiger partial charge in [0, 0.05) is 23.7 Å². The summed E-state index contributed by atoms with van der Waals surface area (Å²) in [7, 11) is 0. The normalized spacial score (nSPS) is 21.1. The van der Waals surface area contributed by atoms with Crippen LogP contribution in [0.1, 0.15) is 13.3 Å². The van der Waals surface area contributed by atoms with Gasteiger partial charge in [0.05, 0.1) is 0 Å². The molecule has 17 heavy (non-hydrogen) atoms. The summed E-state index contributed by atoms with van der Waals surface area (Å²) in [5, 5.41) is 3.27. The van der Waals surface area contributed by atoms with E-state index in [9.17, 15) is 9.59 Å². The topological polar surface area (TPSA) is 49.4 Å². The molecule has 1 aromatic rings. The standard InChI is InChI=1S/C12H13ClN2O2/c1-8-12(17)15(7-6-11(16)14-8)10-4-2-9(13)3-5-10/h2-5,8H,6-7H2,1H3,(H,14,16). The Labute approximate surface area is 105 Å². The maximum atomic E-state index is 12.1. The van der Waals surface area contributed by atoms with E-state index in [0.29, 0.717) is 18.0 Å². The highest BCUT2D eigenvalue weighted by Gasteiger charge is 2.27. The molecule has 1 saturated heterocycles. The van der Waals surface area contributed by atoms with Gasteiger partial charge >= 0.3 is 0 Å². The van der Waals surface area contributed by atoms with E-state index in [-0.39, 0.29) is 11.8 Å². The lowest BCUT2D eigenvalue weighted by Gasteiger charge is -2.22. The zero-order valence-electron chi connectivity index (χ0n) is 9.44. The molecular weight excluding hydrogens is 240 g/mol. The van der Waals surface area contributed by atoms with Crippen molar-refractivity contribution in [2.75, 3.05) is 11.4 Å². The van der Waals surface area contributed by atoms with Gasteiger partial charge in [-0.15, -0.1) is 0 Å². The van der Waals surface area contributed by atoms with Crippen LogP contribution in [0.25, 0.3) is 0 Å². The number of benzene rings is 1. The zero-order chi connectivity index (χ0) is 12.4. The van der Waals surface area contributed by atoms with Crippen molar-refractivity contribution in [1.82, 2.24) is 5.32 Å². The van der Waals surface area contributed by atoms with Gasteiger partial charge in [0.15, 0.2) is 0 Å². The van der Waals surface area contributed by atoms with Crippen molar-refractivity contribution < 1.29 is 9.59 Å². The summed E-state index contributed by atoms with van der Waals surface area (Å²) in [6.07, 6.45) is 0.318. The smallest absolute Gasteiger partial charge is 0.249 e. The Morgan fingerprint density at radius 2 is 1.94 bits per heavy atom. The third-order valence-corrected chi connectivity index (χ3v) is 2.97. The van der Waals surface area contributed by atoms with Crippen LogP contribution in [0.4, 0.5) is 5.69 Å². The van der Waals surface area contributed by atoms with E-state index in [0.717, 1.165) is 5.69 Å². The number of amides is 2. The Balaban J connectivity index is 2.27. The molecule has 1 aliphatic rings. The van der Waals surface area contributed by atoms with E-state index in [1.807, 2.05) is 0 Å². The molecule has 0 saturated carbocycles. The van der Waals surface area contributed by atoms with E-state index in [1.54, 1.807) is 36.1 Å². The number of hydrogen-bond donors (Lipinski definition) is 1. The SMILES string of the molecule is CC1NC(=O)CCN(c2ccc(Cl)cc2)C1=O. The van der Waals surface area contributed by atoms with Gasteiger partial charge in [0.1, 0.15) is 6.04 Å². The monoisotopic (exact) mass is 252 g/mol. The highest BCUT2D eigenvalue weighted by atomic mass is 35.5. The lowest BCUT2D eigenvalue weighted by Crippen LogP contribution is -2.42. The number of halogens is 1. The predicted octanol–water partition coefficient (Wildman–Crippen LogP) is 1.58. The molecule has 90 valence electrons. The summed E-state index contributed by atoms with van der Waals surface area (Å²) in [6.45, 7) is 2.09. The number of carbonyl (C=O) groups excluding carboxylic acids is 2. The number of nitrogens with zero attached hydrogens (tertiary/aromatic N) is 1.